The average Bonchev–Trinajstić information content (AvgIpc) is 3.17. The molecule has 0 aromatic carbocycles. The van der Waals surface area contributed by atoms with Crippen LogP contribution >= 0.6 is 7.60 Å². The highest BCUT2D eigenvalue weighted by Crippen LogP contribution is 2.43. The third kappa shape index (κ3) is 4.17. The first-order chi connectivity index (χ1) is 12.9. The van der Waals surface area contributed by atoms with Crippen LogP contribution in [-0.2, 0) is 15.8 Å². The molecule has 11 nitrogen and oxygen atoms in total. The topological polar surface area (TPSA) is 152 Å². The van der Waals surface area contributed by atoms with Crippen molar-refractivity contribution in [2.45, 2.75) is 53.0 Å². The smallest absolute Gasteiger partial charge is 0.352 e. The number of aryl methyl sites for hydroxylation is 1. The summed E-state index contributed by atoms with van der Waals surface area (Å²) in [6, 6.07) is 0. The highest BCUT2D eigenvalue weighted by Gasteiger charge is 2.43. The minimum Gasteiger partial charge on any atom is -0.352 e. The standard InChI is InChI=1S/C16H24N5O6P/c1-9-6-21(15(23)17-14(9)22)13-5-10(16(2,3)4)11(27-13)7-20-8-12(18-19-20)28(24,25)26/h6,8,10-11,13H,5,7H2,1-4H3,(H,17,22,23)(H2,24,25,26)/t10-,11?,13-/m1/s1. The molecule has 3 atom stereocenters. The zero-order valence-electron chi connectivity index (χ0n) is 16.1. The average molecular weight is 413 g/mol. The lowest BCUT2D eigenvalue weighted by Crippen LogP contribution is -2.33. The van der Waals surface area contributed by atoms with Crippen molar-refractivity contribution in [3.63, 3.8) is 0 Å². The van der Waals surface area contributed by atoms with Crippen LogP contribution < -0.4 is 16.7 Å². The van der Waals surface area contributed by atoms with Crippen LogP contribution in [-0.4, -0.2) is 40.4 Å². The van der Waals surface area contributed by atoms with Crippen molar-refractivity contribution in [1.82, 2.24) is 24.5 Å². The molecule has 3 heterocycles. The fourth-order valence-corrected chi connectivity index (χ4v) is 3.92. The number of hydrogen-bond acceptors (Lipinski definition) is 6. The molecule has 0 bridgehead atoms. The van der Waals surface area contributed by atoms with E-state index < -0.39 is 30.5 Å². The molecule has 3 N–H and O–H groups in total. The maximum Gasteiger partial charge on any atom is 0.377 e. The van der Waals surface area contributed by atoms with Crippen LogP contribution in [0.1, 0.15) is 39.0 Å². The van der Waals surface area contributed by atoms with E-state index >= 15 is 0 Å². The molecule has 1 saturated heterocycles. The van der Waals surface area contributed by atoms with Crippen LogP contribution in [0, 0.1) is 18.3 Å². The Kier molecular flexibility index (Phi) is 5.22. The second kappa shape index (κ2) is 7.07. The van der Waals surface area contributed by atoms with Crippen molar-refractivity contribution < 1.29 is 19.1 Å². The van der Waals surface area contributed by atoms with Gasteiger partial charge in [0.25, 0.3) is 5.56 Å². The molecule has 12 heteroatoms. The largest absolute Gasteiger partial charge is 0.377 e. The first-order valence-corrected chi connectivity index (χ1v) is 10.4. The highest BCUT2D eigenvalue weighted by atomic mass is 31.2. The monoisotopic (exact) mass is 413 g/mol. The summed E-state index contributed by atoms with van der Waals surface area (Å²) in [7, 11) is -4.48. The molecule has 3 rings (SSSR count). The van der Waals surface area contributed by atoms with Gasteiger partial charge in [-0.25, -0.2) is 9.48 Å². The molecule has 2 aromatic rings. The highest BCUT2D eigenvalue weighted by molar-refractivity contribution is 7.59. The van der Waals surface area contributed by atoms with Gasteiger partial charge in [-0.05, 0) is 24.7 Å². The molecule has 2 aromatic heterocycles. The van der Waals surface area contributed by atoms with Crippen molar-refractivity contribution >= 4 is 13.0 Å². The van der Waals surface area contributed by atoms with Crippen molar-refractivity contribution in [3.05, 3.63) is 38.8 Å². The van der Waals surface area contributed by atoms with Crippen LogP contribution in [0.25, 0.3) is 0 Å². The van der Waals surface area contributed by atoms with Crippen LogP contribution in [0.4, 0.5) is 0 Å². The van der Waals surface area contributed by atoms with E-state index in [1.54, 1.807) is 6.92 Å². The number of aromatic amines is 1. The van der Waals surface area contributed by atoms with Crippen LogP contribution in [0.15, 0.2) is 22.0 Å². The fourth-order valence-electron chi connectivity index (χ4n) is 3.48. The van der Waals surface area contributed by atoms with Crippen molar-refractivity contribution in [3.8, 4) is 0 Å². The molecule has 1 unspecified atom stereocenters. The van der Waals surface area contributed by atoms with E-state index in [0.29, 0.717) is 12.0 Å². The molecule has 0 amide bonds. The molecule has 1 fully saturated rings. The number of ether oxygens (including phenoxy) is 1. The Bertz CT molecular complexity index is 1030. The second-order valence-corrected chi connectivity index (χ2v) is 9.71. The number of aromatic nitrogens is 5. The Morgan fingerprint density at radius 3 is 2.57 bits per heavy atom. The van der Waals surface area contributed by atoms with Gasteiger partial charge in [-0.2, -0.15) is 0 Å². The van der Waals surface area contributed by atoms with Gasteiger partial charge in [-0.3, -0.25) is 18.9 Å². The van der Waals surface area contributed by atoms with Crippen LogP contribution in [0.5, 0.6) is 0 Å². The quantitative estimate of drug-likeness (QED) is 0.587. The van der Waals surface area contributed by atoms with E-state index in [1.807, 2.05) is 0 Å². The van der Waals surface area contributed by atoms with Gasteiger partial charge >= 0.3 is 13.3 Å². The number of H-pyrrole nitrogens is 1. The summed E-state index contributed by atoms with van der Waals surface area (Å²) < 4.78 is 20.1. The summed E-state index contributed by atoms with van der Waals surface area (Å²) in [4.78, 5) is 44.6. The Hall–Kier alpha value is -2.07. The predicted octanol–water partition coefficient (Wildman–Crippen LogP) is -0.110. The van der Waals surface area contributed by atoms with Crippen molar-refractivity contribution in [1.29, 1.82) is 0 Å². The van der Waals surface area contributed by atoms with E-state index in [1.165, 1.54) is 21.6 Å². The van der Waals surface area contributed by atoms with E-state index in [-0.39, 0.29) is 24.0 Å². The number of rotatable bonds is 4. The van der Waals surface area contributed by atoms with Gasteiger partial charge in [0.1, 0.15) is 6.23 Å². The van der Waals surface area contributed by atoms with Crippen LogP contribution in [0.2, 0.25) is 0 Å². The number of nitrogens with one attached hydrogen (secondary N) is 1. The summed E-state index contributed by atoms with van der Waals surface area (Å²) in [6.45, 7) is 8.00. The summed E-state index contributed by atoms with van der Waals surface area (Å²) in [5.74, 6) is 0.0272. The van der Waals surface area contributed by atoms with Gasteiger partial charge in [0.05, 0.1) is 18.8 Å². The van der Waals surface area contributed by atoms with Gasteiger partial charge in [0.2, 0.25) is 0 Å². The van der Waals surface area contributed by atoms with E-state index in [9.17, 15) is 23.9 Å². The Morgan fingerprint density at radius 2 is 2.00 bits per heavy atom. The van der Waals surface area contributed by atoms with Crippen molar-refractivity contribution in [2.24, 2.45) is 11.3 Å². The molecule has 28 heavy (non-hydrogen) atoms. The first kappa shape index (κ1) is 20.7. The maximum atomic E-state index is 12.2. The lowest BCUT2D eigenvalue weighted by Gasteiger charge is -2.30. The van der Waals surface area contributed by atoms with Gasteiger partial charge in [-0.1, -0.05) is 26.0 Å². The lowest BCUT2D eigenvalue weighted by molar-refractivity contribution is -0.0260. The molecular weight excluding hydrogens is 389 g/mol. The van der Waals surface area contributed by atoms with Crippen molar-refractivity contribution in [2.75, 3.05) is 0 Å². The molecule has 1 aliphatic heterocycles. The third-order valence-corrected chi connectivity index (χ3v) is 5.80. The molecule has 0 spiro atoms. The predicted molar refractivity (Wildman–Crippen MR) is 99.2 cm³/mol. The molecule has 1 aliphatic rings. The molecule has 0 radical (unpaired) electrons. The summed E-state index contributed by atoms with van der Waals surface area (Å²) in [5.41, 5.74) is -1.13. The van der Waals surface area contributed by atoms with E-state index in [0.717, 1.165) is 0 Å². The molecule has 0 aliphatic carbocycles. The zero-order valence-corrected chi connectivity index (χ0v) is 17.0. The number of hydrogen-bond donors (Lipinski definition) is 3. The summed E-state index contributed by atoms with van der Waals surface area (Å²) in [5, 5.41) is 7.31. The Morgan fingerprint density at radius 1 is 1.32 bits per heavy atom. The summed E-state index contributed by atoms with van der Waals surface area (Å²) >= 11 is 0. The summed E-state index contributed by atoms with van der Waals surface area (Å²) in [6.07, 6.45) is 2.29. The third-order valence-electron chi connectivity index (χ3n) is 5.00. The van der Waals surface area contributed by atoms with Gasteiger partial charge in [0, 0.05) is 11.8 Å². The van der Waals surface area contributed by atoms with E-state index in [2.05, 4.69) is 36.1 Å². The van der Waals surface area contributed by atoms with Gasteiger partial charge in [-0.15, -0.1) is 5.10 Å². The normalized spacial score (nSPS) is 23.3. The van der Waals surface area contributed by atoms with E-state index in [4.69, 9.17) is 4.74 Å². The molecular formula is C16H24N5O6P. The van der Waals surface area contributed by atoms with Crippen LogP contribution in [0.3, 0.4) is 0 Å². The minimum atomic E-state index is -4.48. The minimum absolute atomic E-state index is 0.0272. The zero-order chi connectivity index (χ0) is 20.9. The van der Waals surface area contributed by atoms with Gasteiger partial charge in [0.15, 0.2) is 5.44 Å². The molecule has 0 saturated carbocycles. The second-order valence-electron chi connectivity index (χ2n) is 8.16. The molecule has 154 valence electrons. The Labute approximate surface area is 160 Å². The SMILES string of the molecule is Cc1cn([C@H]2C[C@@H](C(C)(C)C)C(Cn3cc(P(=O)(O)O)nn3)O2)c(=O)[nH]c1=O. The lowest BCUT2D eigenvalue weighted by atomic mass is 9.76. The maximum absolute atomic E-state index is 12.2. The number of nitrogens with zero attached hydrogens (tertiary/aromatic N) is 4. The van der Waals surface area contributed by atoms with Gasteiger partial charge < -0.3 is 14.5 Å². The first-order valence-electron chi connectivity index (χ1n) is 8.80. The Balaban J connectivity index is 1.89. The fraction of sp³-hybridized carbons (Fsp3) is 0.625.